The van der Waals surface area contributed by atoms with Crippen molar-refractivity contribution in [3.63, 3.8) is 0 Å². The molecule has 0 amide bonds. The van der Waals surface area contributed by atoms with E-state index in [1.54, 1.807) is 0 Å². The van der Waals surface area contributed by atoms with Gasteiger partial charge in [-0.3, -0.25) is 10.1 Å². The number of pyridine rings is 1. The summed E-state index contributed by atoms with van der Waals surface area (Å²) in [6, 6.07) is 1.09. The van der Waals surface area contributed by atoms with Gasteiger partial charge in [-0.1, -0.05) is 0 Å². The summed E-state index contributed by atoms with van der Waals surface area (Å²) in [5.41, 5.74) is -1.65. The van der Waals surface area contributed by atoms with Crippen LogP contribution in [-0.4, -0.2) is 28.2 Å². The van der Waals surface area contributed by atoms with Gasteiger partial charge < -0.3 is 9.31 Å². The Bertz CT molecular complexity index is 519. The van der Waals surface area contributed by atoms with Gasteiger partial charge in [-0.2, -0.15) is 4.39 Å². The monoisotopic (exact) mass is 268 g/mol. The molecule has 0 atom stereocenters. The van der Waals surface area contributed by atoms with Gasteiger partial charge in [0.2, 0.25) is 5.95 Å². The van der Waals surface area contributed by atoms with Crippen molar-refractivity contribution in [1.82, 2.24) is 4.98 Å². The molecule has 1 aliphatic rings. The van der Waals surface area contributed by atoms with E-state index in [0.717, 1.165) is 12.3 Å². The van der Waals surface area contributed by atoms with Gasteiger partial charge in [0, 0.05) is 11.5 Å². The van der Waals surface area contributed by atoms with E-state index in [1.165, 1.54) is 0 Å². The van der Waals surface area contributed by atoms with E-state index in [4.69, 9.17) is 9.31 Å². The molecular weight excluding hydrogens is 254 g/mol. The van der Waals surface area contributed by atoms with E-state index in [2.05, 4.69) is 4.98 Å². The zero-order valence-corrected chi connectivity index (χ0v) is 11.1. The molecule has 0 saturated carbocycles. The quantitative estimate of drug-likeness (QED) is 0.351. The SMILES string of the molecule is CC1(C)OB(c2cc([N+](=O)[O-])cnc2F)OC1(C)C. The first-order valence-electron chi connectivity index (χ1n) is 5.79. The van der Waals surface area contributed by atoms with E-state index in [9.17, 15) is 14.5 Å². The van der Waals surface area contributed by atoms with Crippen LogP contribution in [-0.2, 0) is 9.31 Å². The Morgan fingerprint density at radius 1 is 1.32 bits per heavy atom. The Labute approximate surface area is 110 Å². The second kappa shape index (κ2) is 4.24. The van der Waals surface area contributed by atoms with E-state index < -0.39 is 29.2 Å². The van der Waals surface area contributed by atoms with Gasteiger partial charge in [-0.05, 0) is 27.7 Å². The topological polar surface area (TPSA) is 74.5 Å². The van der Waals surface area contributed by atoms with Crippen LogP contribution in [0.2, 0.25) is 0 Å². The molecular formula is C11H14BFN2O4. The lowest BCUT2D eigenvalue weighted by atomic mass is 9.80. The maximum Gasteiger partial charge on any atom is 0.499 e. The standard InChI is InChI=1S/C11H14BFN2O4/c1-10(2)11(3,4)19-12(18-10)8-5-7(15(16)17)6-14-9(8)13/h5-6H,1-4H3. The van der Waals surface area contributed by atoms with Crippen LogP contribution in [0.3, 0.4) is 0 Å². The van der Waals surface area contributed by atoms with Crippen LogP contribution in [0.15, 0.2) is 12.3 Å². The van der Waals surface area contributed by atoms with Gasteiger partial charge in [0.15, 0.2) is 0 Å². The number of hydrogen-bond donors (Lipinski definition) is 0. The molecule has 2 rings (SSSR count). The highest BCUT2D eigenvalue weighted by Crippen LogP contribution is 2.36. The molecule has 19 heavy (non-hydrogen) atoms. The molecule has 2 heterocycles. The molecule has 1 aromatic rings. The Balaban J connectivity index is 2.39. The van der Waals surface area contributed by atoms with Gasteiger partial charge in [0.25, 0.3) is 5.69 Å². The second-order valence-corrected chi connectivity index (χ2v) is 5.42. The summed E-state index contributed by atoms with van der Waals surface area (Å²) in [6.07, 6.45) is 0.865. The molecule has 0 bridgehead atoms. The number of nitro groups is 1. The maximum atomic E-state index is 13.7. The first kappa shape index (κ1) is 13.9. The van der Waals surface area contributed by atoms with Crippen LogP contribution in [0.1, 0.15) is 27.7 Å². The van der Waals surface area contributed by atoms with Crippen molar-refractivity contribution in [1.29, 1.82) is 0 Å². The zero-order chi connectivity index (χ0) is 14.4. The van der Waals surface area contributed by atoms with Crippen LogP contribution < -0.4 is 5.46 Å². The van der Waals surface area contributed by atoms with Gasteiger partial charge >= 0.3 is 7.12 Å². The highest BCUT2D eigenvalue weighted by Gasteiger charge is 2.52. The molecule has 1 saturated heterocycles. The second-order valence-electron chi connectivity index (χ2n) is 5.42. The minimum Gasteiger partial charge on any atom is -0.399 e. The first-order chi connectivity index (χ1) is 8.64. The van der Waals surface area contributed by atoms with Crippen molar-refractivity contribution in [2.24, 2.45) is 0 Å². The lowest BCUT2D eigenvalue weighted by molar-refractivity contribution is -0.385. The van der Waals surface area contributed by atoms with Crippen molar-refractivity contribution in [2.75, 3.05) is 0 Å². The van der Waals surface area contributed by atoms with Gasteiger partial charge in [-0.25, -0.2) is 4.98 Å². The number of halogens is 1. The highest BCUT2D eigenvalue weighted by atomic mass is 19.1. The predicted octanol–water partition coefficient (Wildman–Crippen LogP) is 1.43. The zero-order valence-electron chi connectivity index (χ0n) is 11.1. The fraction of sp³-hybridized carbons (Fsp3) is 0.545. The molecule has 6 nitrogen and oxygen atoms in total. The van der Waals surface area contributed by atoms with Crippen molar-refractivity contribution in [2.45, 2.75) is 38.9 Å². The molecule has 0 radical (unpaired) electrons. The summed E-state index contributed by atoms with van der Waals surface area (Å²) in [6.45, 7) is 7.26. The minimum absolute atomic E-state index is 0.0622. The molecule has 102 valence electrons. The lowest BCUT2D eigenvalue weighted by Gasteiger charge is -2.32. The summed E-state index contributed by atoms with van der Waals surface area (Å²) < 4.78 is 25.0. The summed E-state index contributed by atoms with van der Waals surface area (Å²) >= 11 is 0. The summed E-state index contributed by atoms with van der Waals surface area (Å²) in [7, 11) is -1.00. The molecule has 1 aliphatic heterocycles. The normalized spacial score (nSPS) is 20.6. The first-order valence-corrected chi connectivity index (χ1v) is 5.79. The Morgan fingerprint density at radius 2 is 1.84 bits per heavy atom. The van der Waals surface area contributed by atoms with Crippen molar-refractivity contribution in [3.05, 3.63) is 28.3 Å². The van der Waals surface area contributed by atoms with Crippen molar-refractivity contribution in [3.8, 4) is 0 Å². The molecule has 0 N–H and O–H groups in total. The average molecular weight is 268 g/mol. The number of rotatable bonds is 2. The summed E-state index contributed by atoms with van der Waals surface area (Å²) in [4.78, 5) is 13.4. The van der Waals surface area contributed by atoms with Crippen LogP contribution in [0.4, 0.5) is 10.1 Å². The van der Waals surface area contributed by atoms with Crippen molar-refractivity contribution < 1.29 is 18.6 Å². The third kappa shape index (κ3) is 2.33. The molecule has 0 aromatic carbocycles. The Morgan fingerprint density at radius 3 is 2.32 bits per heavy atom. The van der Waals surface area contributed by atoms with E-state index in [-0.39, 0.29) is 11.2 Å². The van der Waals surface area contributed by atoms with Crippen LogP contribution in [0.5, 0.6) is 0 Å². The van der Waals surface area contributed by atoms with Crippen LogP contribution >= 0.6 is 0 Å². The average Bonchev–Trinajstić information content (AvgIpc) is 2.48. The molecule has 1 fully saturated rings. The third-order valence-electron chi connectivity index (χ3n) is 3.57. The molecule has 0 aliphatic carbocycles. The number of nitrogens with zero attached hydrogens (tertiary/aromatic N) is 2. The van der Waals surface area contributed by atoms with Crippen LogP contribution in [0.25, 0.3) is 0 Å². The van der Waals surface area contributed by atoms with E-state index in [1.807, 2.05) is 27.7 Å². The smallest absolute Gasteiger partial charge is 0.399 e. The minimum atomic E-state index is -1.00. The highest BCUT2D eigenvalue weighted by molar-refractivity contribution is 6.62. The fourth-order valence-electron chi connectivity index (χ4n) is 1.69. The van der Waals surface area contributed by atoms with Gasteiger partial charge in [0.1, 0.15) is 6.20 Å². The number of hydrogen-bond acceptors (Lipinski definition) is 5. The Kier molecular flexibility index (Phi) is 3.10. The molecule has 8 heteroatoms. The fourth-order valence-corrected chi connectivity index (χ4v) is 1.69. The van der Waals surface area contributed by atoms with E-state index in [0.29, 0.717) is 0 Å². The molecule has 0 spiro atoms. The Hall–Kier alpha value is -1.54. The van der Waals surface area contributed by atoms with Crippen LogP contribution in [0, 0.1) is 16.1 Å². The van der Waals surface area contributed by atoms with Gasteiger partial charge in [0.05, 0.1) is 16.1 Å². The van der Waals surface area contributed by atoms with Crippen molar-refractivity contribution >= 4 is 18.3 Å². The largest absolute Gasteiger partial charge is 0.499 e. The predicted molar refractivity (Wildman–Crippen MR) is 66.6 cm³/mol. The number of aromatic nitrogens is 1. The van der Waals surface area contributed by atoms with E-state index >= 15 is 0 Å². The summed E-state index contributed by atoms with van der Waals surface area (Å²) in [5.74, 6) is -0.830. The lowest BCUT2D eigenvalue weighted by Crippen LogP contribution is -2.41. The summed E-state index contributed by atoms with van der Waals surface area (Å²) in [5, 5.41) is 10.7. The maximum absolute atomic E-state index is 13.7. The molecule has 1 aromatic heterocycles. The molecule has 0 unspecified atom stereocenters. The van der Waals surface area contributed by atoms with Gasteiger partial charge in [-0.15, -0.1) is 0 Å². The third-order valence-corrected chi connectivity index (χ3v) is 3.57.